The first kappa shape index (κ1) is 16.8. The summed E-state index contributed by atoms with van der Waals surface area (Å²) in [7, 11) is -1.55. The van der Waals surface area contributed by atoms with E-state index in [0.29, 0.717) is 17.0 Å². The predicted octanol–water partition coefficient (Wildman–Crippen LogP) is 1.14. The molecule has 22 heavy (non-hydrogen) atoms. The van der Waals surface area contributed by atoms with Crippen molar-refractivity contribution >= 4 is 33.3 Å². The van der Waals surface area contributed by atoms with Gasteiger partial charge in [-0.3, -0.25) is 4.79 Å². The number of hydrogen-bond donors (Lipinski definition) is 0. The third-order valence-corrected chi connectivity index (χ3v) is 5.56. The minimum atomic E-state index is -3.07. The molecule has 0 aromatic heterocycles. The zero-order chi connectivity index (χ0) is 16.3. The standard InChI is InChI=1S/C14H16ClNO5S/c1-16(12-6-7-22(19,20)9-12)13(17)8-21-14(18)10-2-4-11(15)5-3-10/h2-5,12H,6-9H2,1H3/t12-/m1/s1. The van der Waals surface area contributed by atoms with Gasteiger partial charge >= 0.3 is 5.97 Å². The molecule has 2 rings (SSSR count). The number of benzene rings is 1. The van der Waals surface area contributed by atoms with Gasteiger partial charge in [0.15, 0.2) is 16.4 Å². The molecule has 8 heteroatoms. The van der Waals surface area contributed by atoms with Crippen LogP contribution in [0.3, 0.4) is 0 Å². The molecule has 0 radical (unpaired) electrons. The van der Waals surface area contributed by atoms with Gasteiger partial charge in [-0.15, -0.1) is 0 Å². The first-order valence-electron chi connectivity index (χ1n) is 6.67. The van der Waals surface area contributed by atoms with E-state index in [9.17, 15) is 18.0 Å². The fourth-order valence-corrected chi connectivity index (χ4v) is 4.08. The number of halogens is 1. The van der Waals surface area contributed by atoms with E-state index in [1.165, 1.54) is 24.1 Å². The summed E-state index contributed by atoms with van der Waals surface area (Å²) in [5.74, 6) is -1.01. The Hall–Kier alpha value is -1.60. The smallest absolute Gasteiger partial charge is 0.338 e. The Morgan fingerprint density at radius 2 is 1.95 bits per heavy atom. The molecule has 1 heterocycles. The number of rotatable bonds is 4. The van der Waals surface area contributed by atoms with Crippen LogP contribution >= 0.6 is 11.6 Å². The molecule has 0 N–H and O–H groups in total. The van der Waals surface area contributed by atoms with Crippen LogP contribution in [0.5, 0.6) is 0 Å². The van der Waals surface area contributed by atoms with E-state index in [1.807, 2.05) is 0 Å². The number of ether oxygens (including phenoxy) is 1. The SMILES string of the molecule is CN(C(=O)COC(=O)c1ccc(Cl)cc1)[C@@H]1CCS(=O)(=O)C1. The predicted molar refractivity (Wildman–Crippen MR) is 81.6 cm³/mol. The monoisotopic (exact) mass is 345 g/mol. The lowest BCUT2D eigenvalue weighted by Crippen LogP contribution is -2.40. The van der Waals surface area contributed by atoms with E-state index in [0.717, 1.165) is 0 Å². The Bertz CT molecular complexity index is 671. The lowest BCUT2D eigenvalue weighted by molar-refractivity contribution is -0.134. The topological polar surface area (TPSA) is 80.8 Å². The zero-order valence-electron chi connectivity index (χ0n) is 12.0. The summed E-state index contributed by atoms with van der Waals surface area (Å²) < 4.78 is 27.8. The summed E-state index contributed by atoms with van der Waals surface area (Å²) in [6.07, 6.45) is 0.412. The van der Waals surface area contributed by atoms with Gasteiger partial charge in [-0.1, -0.05) is 11.6 Å². The number of esters is 1. The summed E-state index contributed by atoms with van der Waals surface area (Å²) >= 11 is 5.72. The van der Waals surface area contributed by atoms with Crippen molar-refractivity contribution in [2.75, 3.05) is 25.2 Å². The summed E-state index contributed by atoms with van der Waals surface area (Å²) in [6, 6.07) is 5.75. The van der Waals surface area contributed by atoms with Gasteiger partial charge in [0, 0.05) is 18.1 Å². The molecule has 1 aliphatic rings. The van der Waals surface area contributed by atoms with Crippen molar-refractivity contribution in [2.24, 2.45) is 0 Å². The second-order valence-electron chi connectivity index (χ2n) is 5.14. The van der Waals surface area contributed by atoms with Gasteiger partial charge in [0.05, 0.1) is 17.1 Å². The van der Waals surface area contributed by atoms with Crippen LogP contribution in [0.4, 0.5) is 0 Å². The van der Waals surface area contributed by atoms with Crippen molar-refractivity contribution < 1.29 is 22.7 Å². The molecule has 0 unspecified atom stereocenters. The first-order chi connectivity index (χ1) is 10.3. The Balaban J connectivity index is 1.87. The minimum Gasteiger partial charge on any atom is -0.452 e. The number of carbonyl (C=O) groups is 2. The molecule has 1 aromatic carbocycles. The number of carbonyl (C=O) groups excluding carboxylic acids is 2. The van der Waals surface area contributed by atoms with Crippen LogP contribution in [0.25, 0.3) is 0 Å². The highest BCUT2D eigenvalue weighted by Crippen LogP contribution is 2.17. The van der Waals surface area contributed by atoms with E-state index in [-0.39, 0.29) is 17.5 Å². The summed E-state index contributed by atoms with van der Waals surface area (Å²) in [6.45, 7) is -0.422. The Morgan fingerprint density at radius 3 is 2.50 bits per heavy atom. The van der Waals surface area contributed by atoms with Crippen LogP contribution in [0.15, 0.2) is 24.3 Å². The fraction of sp³-hybridized carbons (Fsp3) is 0.429. The van der Waals surface area contributed by atoms with Gasteiger partial charge in [0.2, 0.25) is 0 Å². The number of hydrogen-bond acceptors (Lipinski definition) is 5. The molecule has 1 fully saturated rings. The molecular formula is C14H16ClNO5S. The van der Waals surface area contributed by atoms with Crippen LogP contribution in [0, 0.1) is 0 Å². The molecular weight excluding hydrogens is 330 g/mol. The maximum Gasteiger partial charge on any atom is 0.338 e. The quantitative estimate of drug-likeness (QED) is 0.764. The number of nitrogens with zero attached hydrogens (tertiary/aromatic N) is 1. The second-order valence-corrected chi connectivity index (χ2v) is 7.81. The Labute approximate surface area is 133 Å². The fourth-order valence-electron chi connectivity index (χ4n) is 2.18. The third kappa shape index (κ3) is 4.20. The largest absolute Gasteiger partial charge is 0.452 e. The third-order valence-electron chi connectivity index (χ3n) is 3.56. The summed E-state index contributed by atoms with van der Waals surface area (Å²) in [5, 5.41) is 0.495. The Kier molecular flexibility index (Phi) is 5.08. The van der Waals surface area contributed by atoms with Gasteiger partial charge in [0.25, 0.3) is 5.91 Å². The van der Waals surface area contributed by atoms with Crippen molar-refractivity contribution in [1.82, 2.24) is 4.90 Å². The molecule has 0 bridgehead atoms. The first-order valence-corrected chi connectivity index (χ1v) is 8.87. The lowest BCUT2D eigenvalue weighted by Gasteiger charge is -2.23. The molecule has 1 aliphatic heterocycles. The van der Waals surface area contributed by atoms with Crippen molar-refractivity contribution in [3.05, 3.63) is 34.9 Å². The van der Waals surface area contributed by atoms with Gasteiger partial charge in [-0.25, -0.2) is 13.2 Å². The van der Waals surface area contributed by atoms with Crippen molar-refractivity contribution in [2.45, 2.75) is 12.5 Å². The van der Waals surface area contributed by atoms with Gasteiger partial charge in [-0.2, -0.15) is 0 Å². The molecule has 1 saturated heterocycles. The number of amides is 1. The maximum absolute atomic E-state index is 12.0. The van der Waals surface area contributed by atoms with Crippen LogP contribution in [-0.4, -0.2) is 56.4 Å². The molecule has 1 atom stereocenters. The maximum atomic E-state index is 12.0. The average Bonchev–Trinajstić information content (AvgIpc) is 2.84. The zero-order valence-corrected chi connectivity index (χ0v) is 13.6. The normalized spacial score (nSPS) is 19.6. The molecule has 0 aliphatic carbocycles. The highest BCUT2D eigenvalue weighted by atomic mass is 35.5. The Morgan fingerprint density at radius 1 is 1.32 bits per heavy atom. The summed E-state index contributed by atoms with van der Waals surface area (Å²) in [5.41, 5.74) is 0.295. The van der Waals surface area contributed by atoms with Crippen molar-refractivity contribution in [1.29, 1.82) is 0 Å². The molecule has 1 aromatic rings. The molecule has 0 saturated carbocycles. The van der Waals surface area contributed by atoms with Crippen molar-refractivity contribution in [3.63, 3.8) is 0 Å². The minimum absolute atomic E-state index is 0.0413. The molecule has 120 valence electrons. The van der Waals surface area contributed by atoms with E-state index in [4.69, 9.17) is 16.3 Å². The number of sulfone groups is 1. The van der Waals surface area contributed by atoms with Crippen LogP contribution < -0.4 is 0 Å². The molecule has 1 amide bonds. The van der Waals surface area contributed by atoms with Crippen LogP contribution in [0.1, 0.15) is 16.8 Å². The van der Waals surface area contributed by atoms with Gasteiger partial charge < -0.3 is 9.64 Å². The van der Waals surface area contributed by atoms with E-state index >= 15 is 0 Å². The van der Waals surface area contributed by atoms with E-state index in [2.05, 4.69) is 0 Å². The van der Waals surface area contributed by atoms with Crippen LogP contribution in [0.2, 0.25) is 5.02 Å². The highest BCUT2D eigenvalue weighted by molar-refractivity contribution is 7.91. The summed E-state index contributed by atoms with van der Waals surface area (Å²) in [4.78, 5) is 25.1. The van der Waals surface area contributed by atoms with Gasteiger partial charge in [-0.05, 0) is 30.7 Å². The van der Waals surface area contributed by atoms with E-state index < -0.39 is 28.3 Å². The lowest BCUT2D eigenvalue weighted by atomic mass is 10.2. The van der Waals surface area contributed by atoms with Crippen LogP contribution in [-0.2, 0) is 19.4 Å². The highest BCUT2D eigenvalue weighted by Gasteiger charge is 2.32. The number of likely N-dealkylation sites (N-methyl/N-ethyl adjacent to an activating group) is 1. The molecule has 0 spiro atoms. The van der Waals surface area contributed by atoms with Gasteiger partial charge in [0.1, 0.15) is 0 Å². The van der Waals surface area contributed by atoms with Crippen molar-refractivity contribution in [3.8, 4) is 0 Å². The second kappa shape index (κ2) is 6.66. The average molecular weight is 346 g/mol. The van der Waals surface area contributed by atoms with E-state index in [1.54, 1.807) is 12.1 Å². The molecule has 6 nitrogen and oxygen atoms in total.